The number of carbonyl (C=O) groups is 1. The molecule has 2 fully saturated rings. The number of rotatable bonds is 7. The molecular formula is C22H23F3N4O. The SMILES string of the molecule is CN=C(NCC1CC1)c1ccc(C2CC2)cc1N(C=O)c1cccnc1C(F)(F)F. The molecule has 1 aromatic carbocycles. The van der Waals surface area contributed by atoms with Crippen molar-refractivity contribution in [1.82, 2.24) is 10.3 Å². The summed E-state index contributed by atoms with van der Waals surface area (Å²) in [4.78, 5) is 20.9. The normalized spacial score (nSPS) is 17.0. The summed E-state index contributed by atoms with van der Waals surface area (Å²) in [5.41, 5.74) is 0.576. The highest BCUT2D eigenvalue weighted by atomic mass is 19.4. The largest absolute Gasteiger partial charge is 0.435 e. The zero-order valence-corrected chi connectivity index (χ0v) is 16.6. The molecule has 0 aliphatic heterocycles. The van der Waals surface area contributed by atoms with Crippen molar-refractivity contribution >= 4 is 23.6 Å². The van der Waals surface area contributed by atoms with Gasteiger partial charge in [0.15, 0.2) is 5.69 Å². The van der Waals surface area contributed by atoms with Crippen LogP contribution in [0.5, 0.6) is 0 Å². The van der Waals surface area contributed by atoms with E-state index in [1.807, 2.05) is 12.1 Å². The number of anilines is 2. The van der Waals surface area contributed by atoms with Gasteiger partial charge in [-0.25, -0.2) is 4.98 Å². The van der Waals surface area contributed by atoms with E-state index in [9.17, 15) is 18.0 Å². The van der Waals surface area contributed by atoms with Gasteiger partial charge in [-0.05, 0) is 67.3 Å². The van der Waals surface area contributed by atoms with Crippen molar-refractivity contribution in [2.45, 2.75) is 37.8 Å². The molecule has 2 aromatic rings. The Bertz CT molecular complexity index is 965. The number of nitrogens with one attached hydrogen (secondary N) is 1. The summed E-state index contributed by atoms with van der Waals surface area (Å²) in [6.07, 6.45) is 1.19. The molecule has 0 bridgehead atoms. The number of amidine groups is 1. The maximum atomic E-state index is 13.6. The van der Waals surface area contributed by atoms with E-state index < -0.39 is 11.9 Å². The molecule has 0 saturated heterocycles. The third-order valence-corrected chi connectivity index (χ3v) is 5.48. The van der Waals surface area contributed by atoms with Gasteiger partial charge in [0, 0.05) is 25.4 Å². The lowest BCUT2D eigenvalue weighted by Gasteiger charge is -2.25. The van der Waals surface area contributed by atoms with Crippen LogP contribution in [0.4, 0.5) is 24.5 Å². The number of carbonyl (C=O) groups excluding carboxylic acids is 1. The van der Waals surface area contributed by atoms with Crippen molar-refractivity contribution in [3.63, 3.8) is 0 Å². The van der Waals surface area contributed by atoms with Crippen LogP contribution in [0.15, 0.2) is 41.5 Å². The number of hydrogen-bond donors (Lipinski definition) is 1. The van der Waals surface area contributed by atoms with Gasteiger partial charge in [0.25, 0.3) is 0 Å². The van der Waals surface area contributed by atoms with Crippen LogP contribution >= 0.6 is 0 Å². The number of amides is 1. The second kappa shape index (κ2) is 8.08. The summed E-state index contributed by atoms with van der Waals surface area (Å²) in [6, 6.07) is 8.27. The van der Waals surface area contributed by atoms with E-state index in [4.69, 9.17) is 0 Å². The van der Waals surface area contributed by atoms with Crippen molar-refractivity contribution in [2.75, 3.05) is 18.5 Å². The first-order chi connectivity index (χ1) is 14.4. The van der Waals surface area contributed by atoms with Crippen LogP contribution in [0.3, 0.4) is 0 Å². The minimum Gasteiger partial charge on any atom is -0.370 e. The molecule has 0 radical (unpaired) electrons. The smallest absolute Gasteiger partial charge is 0.370 e. The first-order valence-corrected chi connectivity index (χ1v) is 10.0. The molecule has 158 valence electrons. The number of alkyl halides is 3. The Kier molecular flexibility index (Phi) is 5.49. The van der Waals surface area contributed by atoms with Gasteiger partial charge < -0.3 is 5.32 Å². The molecule has 2 aliphatic carbocycles. The highest BCUT2D eigenvalue weighted by Crippen LogP contribution is 2.43. The molecule has 2 saturated carbocycles. The predicted molar refractivity (Wildman–Crippen MR) is 109 cm³/mol. The predicted octanol–water partition coefficient (Wildman–Crippen LogP) is 4.65. The van der Waals surface area contributed by atoms with Crippen LogP contribution < -0.4 is 10.2 Å². The highest BCUT2D eigenvalue weighted by molar-refractivity contribution is 6.07. The average molecular weight is 416 g/mol. The first-order valence-electron chi connectivity index (χ1n) is 10.0. The molecular weight excluding hydrogens is 393 g/mol. The van der Waals surface area contributed by atoms with Crippen molar-refractivity contribution in [1.29, 1.82) is 0 Å². The quantitative estimate of drug-likeness (QED) is 0.406. The molecule has 0 atom stereocenters. The molecule has 8 heteroatoms. The highest BCUT2D eigenvalue weighted by Gasteiger charge is 2.37. The van der Waals surface area contributed by atoms with Crippen molar-refractivity contribution in [3.05, 3.63) is 53.3 Å². The lowest BCUT2D eigenvalue weighted by atomic mass is 10.0. The average Bonchev–Trinajstić information content (AvgIpc) is 3.63. The van der Waals surface area contributed by atoms with Crippen molar-refractivity contribution in [3.8, 4) is 0 Å². The van der Waals surface area contributed by atoms with E-state index in [2.05, 4.69) is 15.3 Å². The van der Waals surface area contributed by atoms with Gasteiger partial charge in [-0.2, -0.15) is 13.2 Å². The standard InChI is InChI=1S/C22H23F3N4O/c1-26-21(28-12-14-4-5-14)17-9-8-16(15-6-7-15)11-19(17)29(13-30)18-3-2-10-27-20(18)22(23,24)25/h2-3,8-11,13-15H,4-7,12H2,1H3,(H,26,28). The Balaban J connectivity index is 1.80. The Morgan fingerprint density at radius 3 is 2.60 bits per heavy atom. The first kappa shape index (κ1) is 20.4. The zero-order valence-electron chi connectivity index (χ0n) is 16.6. The Hall–Kier alpha value is -2.90. The number of halogens is 3. The molecule has 5 nitrogen and oxygen atoms in total. The maximum absolute atomic E-state index is 13.6. The number of aliphatic imine (C=N–C) groups is 1. The van der Waals surface area contributed by atoms with Crippen molar-refractivity contribution < 1.29 is 18.0 Å². The van der Waals surface area contributed by atoms with Crippen LogP contribution in [-0.4, -0.2) is 30.8 Å². The van der Waals surface area contributed by atoms with Gasteiger partial charge >= 0.3 is 6.18 Å². The summed E-state index contributed by atoms with van der Waals surface area (Å²) < 4.78 is 40.7. The van der Waals surface area contributed by atoms with Gasteiger partial charge in [0.05, 0.1) is 11.4 Å². The summed E-state index contributed by atoms with van der Waals surface area (Å²) in [6.45, 7) is 0.748. The van der Waals surface area contributed by atoms with Crippen molar-refractivity contribution in [2.24, 2.45) is 10.9 Å². The van der Waals surface area contributed by atoms with E-state index in [1.54, 1.807) is 13.1 Å². The number of hydrogen-bond acceptors (Lipinski definition) is 3. The molecule has 1 N–H and O–H groups in total. The molecule has 4 rings (SSSR count). The monoisotopic (exact) mass is 416 g/mol. The Labute approximate surface area is 173 Å². The molecule has 1 amide bonds. The maximum Gasteiger partial charge on any atom is 0.435 e. The third kappa shape index (κ3) is 4.32. The van der Waals surface area contributed by atoms with Gasteiger partial charge in [-0.3, -0.25) is 14.7 Å². The van der Waals surface area contributed by atoms with Crippen LogP contribution in [-0.2, 0) is 11.0 Å². The lowest BCUT2D eigenvalue weighted by Crippen LogP contribution is -2.29. The lowest BCUT2D eigenvalue weighted by molar-refractivity contribution is -0.140. The fraction of sp³-hybridized carbons (Fsp3) is 0.409. The minimum absolute atomic E-state index is 0.299. The molecule has 1 heterocycles. The van der Waals surface area contributed by atoms with E-state index in [1.165, 1.54) is 12.1 Å². The second-order valence-electron chi connectivity index (χ2n) is 7.79. The van der Waals surface area contributed by atoms with Crippen LogP contribution in [0.1, 0.15) is 48.4 Å². The summed E-state index contributed by atoms with van der Waals surface area (Å²) >= 11 is 0. The fourth-order valence-electron chi connectivity index (χ4n) is 3.53. The van der Waals surface area contributed by atoms with Gasteiger partial charge in [0.1, 0.15) is 5.84 Å². The Morgan fingerprint density at radius 2 is 2.00 bits per heavy atom. The van der Waals surface area contributed by atoms with E-state index in [-0.39, 0.29) is 5.69 Å². The van der Waals surface area contributed by atoms with Gasteiger partial charge in [-0.1, -0.05) is 6.07 Å². The van der Waals surface area contributed by atoms with E-state index in [0.29, 0.717) is 35.3 Å². The summed E-state index contributed by atoms with van der Waals surface area (Å²) in [7, 11) is 1.63. The molecule has 0 unspecified atom stereocenters. The number of nitrogens with zero attached hydrogens (tertiary/aromatic N) is 3. The number of pyridine rings is 1. The van der Waals surface area contributed by atoms with Gasteiger partial charge in [-0.15, -0.1) is 0 Å². The zero-order chi connectivity index (χ0) is 21.3. The topological polar surface area (TPSA) is 57.6 Å². The molecule has 30 heavy (non-hydrogen) atoms. The number of benzene rings is 1. The van der Waals surface area contributed by atoms with Crippen LogP contribution in [0.2, 0.25) is 0 Å². The summed E-state index contributed by atoms with van der Waals surface area (Å²) in [5.74, 6) is 1.53. The third-order valence-electron chi connectivity index (χ3n) is 5.48. The molecule has 0 spiro atoms. The van der Waals surface area contributed by atoms with E-state index in [0.717, 1.165) is 48.9 Å². The number of aromatic nitrogens is 1. The minimum atomic E-state index is -4.68. The fourth-order valence-corrected chi connectivity index (χ4v) is 3.53. The molecule has 1 aromatic heterocycles. The summed E-state index contributed by atoms with van der Waals surface area (Å²) in [5, 5.41) is 3.30. The van der Waals surface area contributed by atoms with Gasteiger partial charge in [0.2, 0.25) is 6.41 Å². The Morgan fingerprint density at radius 1 is 1.23 bits per heavy atom. The van der Waals surface area contributed by atoms with Crippen LogP contribution in [0.25, 0.3) is 0 Å². The second-order valence-corrected chi connectivity index (χ2v) is 7.79. The van der Waals surface area contributed by atoms with Crippen LogP contribution in [0, 0.1) is 5.92 Å². The molecule has 2 aliphatic rings. The van der Waals surface area contributed by atoms with E-state index >= 15 is 0 Å².